The first-order chi connectivity index (χ1) is 17.4. The fraction of sp³-hybridized carbons (Fsp3) is 0.231. The molecule has 11 heteroatoms. The van der Waals surface area contributed by atoms with Crippen LogP contribution in [0.15, 0.2) is 71.6 Å². The Morgan fingerprint density at radius 3 is 2.22 bits per heavy atom. The van der Waals surface area contributed by atoms with E-state index < -0.39 is 40.2 Å². The molecule has 3 aromatic rings. The third-order valence-electron chi connectivity index (χ3n) is 5.77. The van der Waals surface area contributed by atoms with Crippen LogP contribution in [0.3, 0.4) is 0 Å². The zero-order chi connectivity index (χ0) is 27.3. The molecule has 0 saturated carbocycles. The van der Waals surface area contributed by atoms with Crippen LogP contribution in [0.4, 0.5) is 10.1 Å². The lowest BCUT2D eigenvalue weighted by Crippen LogP contribution is -2.50. The van der Waals surface area contributed by atoms with Crippen LogP contribution < -0.4 is 9.62 Å². The summed E-state index contributed by atoms with van der Waals surface area (Å²) in [6.45, 7) is 2.61. The molecule has 196 valence electrons. The fourth-order valence-electron chi connectivity index (χ4n) is 3.61. The first-order valence-corrected chi connectivity index (χ1v) is 13.4. The summed E-state index contributed by atoms with van der Waals surface area (Å²) in [6, 6.07) is 15.1. The van der Waals surface area contributed by atoms with E-state index in [9.17, 15) is 22.4 Å². The first-order valence-electron chi connectivity index (χ1n) is 11.2. The van der Waals surface area contributed by atoms with Gasteiger partial charge in [-0.2, -0.15) is 0 Å². The number of anilines is 1. The zero-order valence-corrected chi connectivity index (χ0v) is 22.7. The molecule has 0 radical (unpaired) electrons. The second-order valence-electron chi connectivity index (χ2n) is 8.34. The molecular formula is C26H26Cl2FN3O4S. The van der Waals surface area contributed by atoms with Crippen LogP contribution >= 0.6 is 23.2 Å². The van der Waals surface area contributed by atoms with Gasteiger partial charge in [0.05, 0.1) is 20.6 Å². The Kier molecular flexibility index (Phi) is 9.17. The highest BCUT2D eigenvalue weighted by molar-refractivity contribution is 7.92. The van der Waals surface area contributed by atoms with Crippen molar-refractivity contribution in [2.45, 2.75) is 31.3 Å². The molecule has 0 aliphatic carbocycles. The van der Waals surface area contributed by atoms with E-state index in [2.05, 4.69) is 5.32 Å². The number of aryl methyl sites for hydroxylation is 1. The van der Waals surface area contributed by atoms with Crippen molar-refractivity contribution >= 4 is 50.7 Å². The molecule has 0 bridgehead atoms. The van der Waals surface area contributed by atoms with Crippen molar-refractivity contribution in [3.05, 3.63) is 93.7 Å². The van der Waals surface area contributed by atoms with Crippen LogP contribution in [0.25, 0.3) is 0 Å². The van der Waals surface area contributed by atoms with Crippen molar-refractivity contribution in [1.82, 2.24) is 10.2 Å². The summed E-state index contributed by atoms with van der Waals surface area (Å²) < 4.78 is 41.8. The third-order valence-corrected chi connectivity index (χ3v) is 8.35. The van der Waals surface area contributed by atoms with Crippen LogP contribution in [-0.4, -0.2) is 44.8 Å². The number of halogens is 3. The van der Waals surface area contributed by atoms with Gasteiger partial charge >= 0.3 is 0 Å². The number of nitrogens with zero attached hydrogens (tertiary/aromatic N) is 2. The summed E-state index contributed by atoms with van der Waals surface area (Å²) in [5, 5.41) is 2.56. The van der Waals surface area contributed by atoms with Crippen molar-refractivity contribution in [2.24, 2.45) is 0 Å². The highest BCUT2D eigenvalue weighted by Gasteiger charge is 2.33. The smallest absolute Gasteiger partial charge is 0.264 e. The molecule has 0 spiro atoms. The van der Waals surface area contributed by atoms with Crippen molar-refractivity contribution < 1.29 is 22.4 Å². The van der Waals surface area contributed by atoms with Crippen molar-refractivity contribution in [2.75, 3.05) is 17.9 Å². The number of carbonyl (C=O) groups is 2. The lowest BCUT2D eigenvalue weighted by atomic mass is 10.1. The van der Waals surface area contributed by atoms with Crippen molar-refractivity contribution in [3.63, 3.8) is 0 Å². The van der Waals surface area contributed by atoms with Gasteiger partial charge < -0.3 is 10.2 Å². The topological polar surface area (TPSA) is 86.8 Å². The van der Waals surface area contributed by atoms with Crippen LogP contribution in [0.5, 0.6) is 0 Å². The zero-order valence-electron chi connectivity index (χ0n) is 20.4. The van der Waals surface area contributed by atoms with Crippen LogP contribution in [0, 0.1) is 12.7 Å². The van der Waals surface area contributed by atoms with E-state index in [4.69, 9.17) is 23.2 Å². The number of hydrogen-bond donors (Lipinski definition) is 1. The Morgan fingerprint density at radius 2 is 1.62 bits per heavy atom. The molecule has 3 aromatic carbocycles. The van der Waals surface area contributed by atoms with E-state index in [1.54, 1.807) is 12.1 Å². The number of amides is 2. The van der Waals surface area contributed by atoms with E-state index in [1.807, 2.05) is 6.92 Å². The number of rotatable bonds is 9. The maximum Gasteiger partial charge on any atom is 0.264 e. The van der Waals surface area contributed by atoms with E-state index in [0.29, 0.717) is 5.56 Å². The average molecular weight is 566 g/mol. The van der Waals surface area contributed by atoms with Gasteiger partial charge in [0.2, 0.25) is 11.8 Å². The highest BCUT2D eigenvalue weighted by Crippen LogP contribution is 2.35. The number of hydrogen-bond acceptors (Lipinski definition) is 4. The summed E-state index contributed by atoms with van der Waals surface area (Å²) >= 11 is 12.6. The van der Waals surface area contributed by atoms with Gasteiger partial charge in [-0.05, 0) is 55.8 Å². The molecule has 2 amide bonds. The molecule has 0 aliphatic heterocycles. The SMILES string of the molecule is CNC(=O)[C@@H](C)N(Cc1ccc(F)cc1)C(=O)CN(c1cccc(Cl)c1Cl)S(=O)(=O)c1ccc(C)cc1. The summed E-state index contributed by atoms with van der Waals surface area (Å²) in [6.07, 6.45) is 0. The van der Waals surface area contributed by atoms with Gasteiger partial charge in [0.1, 0.15) is 18.4 Å². The van der Waals surface area contributed by atoms with E-state index in [1.165, 1.54) is 73.5 Å². The van der Waals surface area contributed by atoms with Crippen LogP contribution in [-0.2, 0) is 26.2 Å². The number of carbonyl (C=O) groups excluding carboxylic acids is 2. The molecule has 3 rings (SSSR count). The molecule has 0 unspecified atom stereocenters. The van der Waals surface area contributed by atoms with Gasteiger partial charge in [0.15, 0.2) is 0 Å². The third kappa shape index (κ3) is 6.60. The molecule has 37 heavy (non-hydrogen) atoms. The maximum atomic E-state index is 13.8. The minimum absolute atomic E-state index is 0.0115. The number of benzene rings is 3. The van der Waals surface area contributed by atoms with Gasteiger partial charge in [0, 0.05) is 13.6 Å². The molecule has 0 saturated heterocycles. The normalized spacial score (nSPS) is 12.1. The number of sulfonamides is 1. The fourth-order valence-corrected chi connectivity index (χ4v) is 5.49. The molecular weight excluding hydrogens is 540 g/mol. The molecule has 0 aliphatic rings. The Morgan fingerprint density at radius 1 is 1.00 bits per heavy atom. The largest absolute Gasteiger partial charge is 0.357 e. The highest BCUT2D eigenvalue weighted by atomic mass is 35.5. The second kappa shape index (κ2) is 11.9. The van der Waals surface area contributed by atoms with E-state index in [0.717, 1.165) is 9.87 Å². The Labute approximate surface area is 225 Å². The Bertz CT molecular complexity index is 1380. The van der Waals surface area contributed by atoms with Gasteiger partial charge in [-0.15, -0.1) is 0 Å². The van der Waals surface area contributed by atoms with Crippen molar-refractivity contribution in [3.8, 4) is 0 Å². The Balaban J connectivity index is 2.07. The maximum absolute atomic E-state index is 13.8. The van der Waals surface area contributed by atoms with E-state index >= 15 is 0 Å². The summed E-state index contributed by atoms with van der Waals surface area (Å²) in [7, 11) is -2.85. The number of likely N-dealkylation sites (N-methyl/N-ethyl adjacent to an activating group) is 1. The average Bonchev–Trinajstić information content (AvgIpc) is 2.88. The molecule has 0 heterocycles. The Hall–Kier alpha value is -3.14. The molecule has 0 aromatic heterocycles. The monoisotopic (exact) mass is 565 g/mol. The summed E-state index contributed by atoms with van der Waals surface area (Å²) in [5.74, 6) is -1.58. The molecule has 1 N–H and O–H groups in total. The number of nitrogens with one attached hydrogen (secondary N) is 1. The molecule has 7 nitrogen and oxygen atoms in total. The van der Waals surface area contributed by atoms with E-state index in [-0.39, 0.29) is 27.2 Å². The lowest BCUT2D eigenvalue weighted by Gasteiger charge is -2.32. The first kappa shape index (κ1) is 28.4. The predicted octanol–water partition coefficient (Wildman–Crippen LogP) is 4.80. The lowest BCUT2D eigenvalue weighted by molar-refractivity contribution is -0.139. The molecule has 0 fully saturated rings. The van der Waals surface area contributed by atoms with Gasteiger partial charge in [0.25, 0.3) is 10.0 Å². The van der Waals surface area contributed by atoms with Gasteiger partial charge in [-0.3, -0.25) is 13.9 Å². The van der Waals surface area contributed by atoms with Crippen molar-refractivity contribution in [1.29, 1.82) is 0 Å². The van der Waals surface area contributed by atoms with Crippen LogP contribution in [0.1, 0.15) is 18.1 Å². The summed E-state index contributed by atoms with van der Waals surface area (Å²) in [5.41, 5.74) is 1.42. The summed E-state index contributed by atoms with van der Waals surface area (Å²) in [4.78, 5) is 27.3. The van der Waals surface area contributed by atoms with Gasteiger partial charge in [-0.1, -0.05) is 59.1 Å². The molecule has 1 atom stereocenters. The minimum atomic E-state index is -4.28. The van der Waals surface area contributed by atoms with Gasteiger partial charge in [-0.25, -0.2) is 12.8 Å². The van der Waals surface area contributed by atoms with Crippen LogP contribution in [0.2, 0.25) is 10.0 Å². The predicted molar refractivity (Wildman–Crippen MR) is 143 cm³/mol. The standard InChI is InChI=1S/C26H26Cl2FN3O4S/c1-17-7-13-21(14-8-17)37(35,36)32(23-6-4-5-22(27)25(23)28)16-24(33)31(18(2)26(34)30-3)15-19-9-11-20(29)12-10-19/h4-14,18H,15-16H2,1-3H3,(H,30,34)/t18-/m1/s1. The quantitative estimate of drug-likeness (QED) is 0.403. The minimum Gasteiger partial charge on any atom is -0.357 e. The second-order valence-corrected chi connectivity index (χ2v) is 11.0.